The first-order valence-electron chi connectivity index (χ1n) is 10.6. The average molecular weight is 366 g/mol. The fourth-order valence-electron chi connectivity index (χ4n) is 4.68. The van der Waals surface area contributed by atoms with Crippen LogP contribution >= 0.6 is 0 Å². The van der Waals surface area contributed by atoms with Gasteiger partial charge in [-0.2, -0.15) is 0 Å². The van der Waals surface area contributed by atoms with Crippen molar-refractivity contribution in [1.29, 1.82) is 0 Å². The third-order valence-electron chi connectivity index (χ3n) is 6.26. The summed E-state index contributed by atoms with van der Waals surface area (Å²) in [7, 11) is 0. The summed E-state index contributed by atoms with van der Waals surface area (Å²) in [6.07, 6.45) is 10.8. The monoisotopic (exact) mass is 365 g/mol. The van der Waals surface area contributed by atoms with Crippen molar-refractivity contribution in [2.75, 3.05) is 26.2 Å². The van der Waals surface area contributed by atoms with E-state index in [-0.39, 0.29) is 36.7 Å². The van der Waals surface area contributed by atoms with Gasteiger partial charge in [-0.05, 0) is 38.8 Å². The Bertz CT molecular complexity index is 471. The second kappa shape index (κ2) is 9.70. The summed E-state index contributed by atoms with van der Waals surface area (Å²) in [5.74, 6) is -0.00155. The van der Waals surface area contributed by atoms with E-state index in [4.69, 9.17) is 0 Å². The first-order valence-corrected chi connectivity index (χ1v) is 10.6. The van der Waals surface area contributed by atoms with E-state index < -0.39 is 6.10 Å². The van der Waals surface area contributed by atoms with Crippen molar-refractivity contribution in [3.8, 4) is 0 Å². The zero-order valence-corrected chi connectivity index (χ0v) is 16.0. The number of rotatable bonds is 5. The molecular weight excluding hydrogens is 330 g/mol. The van der Waals surface area contributed by atoms with E-state index in [9.17, 15) is 14.7 Å². The zero-order chi connectivity index (χ0) is 18.4. The number of carbonyl (C=O) groups is 2. The molecular formula is C20H35N3O3. The van der Waals surface area contributed by atoms with Gasteiger partial charge in [0.15, 0.2) is 0 Å². The second-order valence-electron chi connectivity index (χ2n) is 8.29. The highest BCUT2D eigenvalue weighted by Crippen LogP contribution is 2.22. The molecule has 3 rings (SSSR count). The first kappa shape index (κ1) is 19.6. The van der Waals surface area contributed by atoms with Crippen molar-refractivity contribution < 1.29 is 14.7 Å². The lowest BCUT2D eigenvalue weighted by Crippen LogP contribution is -2.41. The van der Waals surface area contributed by atoms with E-state index >= 15 is 0 Å². The van der Waals surface area contributed by atoms with Gasteiger partial charge in [0, 0.05) is 32.0 Å². The predicted octanol–water partition coefficient (Wildman–Crippen LogP) is 1.66. The number of nitrogens with one attached hydrogen (secondary N) is 1. The smallest absolute Gasteiger partial charge is 0.223 e. The van der Waals surface area contributed by atoms with Gasteiger partial charge in [0.05, 0.1) is 12.1 Å². The lowest BCUT2D eigenvalue weighted by molar-refractivity contribution is -0.133. The highest BCUT2D eigenvalue weighted by molar-refractivity contribution is 5.84. The molecule has 0 unspecified atom stereocenters. The summed E-state index contributed by atoms with van der Waals surface area (Å²) in [6.45, 7) is 3.05. The van der Waals surface area contributed by atoms with E-state index in [2.05, 4.69) is 10.2 Å². The van der Waals surface area contributed by atoms with Gasteiger partial charge in [-0.1, -0.05) is 32.1 Å². The molecule has 2 amide bonds. The quantitative estimate of drug-likeness (QED) is 0.777. The molecule has 2 aliphatic heterocycles. The summed E-state index contributed by atoms with van der Waals surface area (Å²) in [6, 6.07) is 0.358. The molecule has 0 spiro atoms. The van der Waals surface area contributed by atoms with Crippen molar-refractivity contribution in [3.63, 3.8) is 0 Å². The molecule has 2 atom stereocenters. The molecule has 2 N–H and O–H groups in total. The summed E-state index contributed by atoms with van der Waals surface area (Å²) < 4.78 is 0. The molecule has 0 radical (unpaired) electrons. The van der Waals surface area contributed by atoms with E-state index in [0.29, 0.717) is 13.1 Å². The maximum absolute atomic E-state index is 12.5. The van der Waals surface area contributed by atoms with Crippen molar-refractivity contribution in [1.82, 2.24) is 15.1 Å². The van der Waals surface area contributed by atoms with Gasteiger partial charge in [0.25, 0.3) is 0 Å². The lowest BCUT2D eigenvalue weighted by Gasteiger charge is -2.25. The second-order valence-corrected chi connectivity index (χ2v) is 8.29. The third kappa shape index (κ3) is 5.43. The number of likely N-dealkylation sites (tertiary alicyclic amines) is 2. The van der Waals surface area contributed by atoms with Gasteiger partial charge >= 0.3 is 0 Å². The van der Waals surface area contributed by atoms with Gasteiger partial charge in [-0.3, -0.25) is 14.5 Å². The Morgan fingerprint density at radius 2 is 1.54 bits per heavy atom. The van der Waals surface area contributed by atoms with E-state index in [1.54, 1.807) is 4.90 Å². The highest BCUT2D eigenvalue weighted by Gasteiger charge is 2.38. The lowest BCUT2D eigenvalue weighted by atomic mass is 9.96. The minimum absolute atomic E-state index is 0.000221. The number of amides is 2. The van der Waals surface area contributed by atoms with Crippen LogP contribution < -0.4 is 5.32 Å². The molecule has 3 aliphatic rings. The molecule has 26 heavy (non-hydrogen) atoms. The van der Waals surface area contributed by atoms with Crippen molar-refractivity contribution >= 4 is 11.8 Å². The average Bonchev–Trinajstić information content (AvgIpc) is 3.24. The Balaban J connectivity index is 1.38. The molecule has 0 bridgehead atoms. The Morgan fingerprint density at radius 3 is 2.23 bits per heavy atom. The first-order chi connectivity index (χ1) is 12.6. The number of carbonyl (C=O) groups excluding carboxylic acids is 2. The molecule has 6 nitrogen and oxygen atoms in total. The third-order valence-corrected chi connectivity index (χ3v) is 6.26. The van der Waals surface area contributed by atoms with E-state index in [1.165, 1.54) is 44.9 Å². The number of aliphatic hydroxyl groups excluding tert-OH is 1. The van der Waals surface area contributed by atoms with Crippen LogP contribution in [-0.2, 0) is 9.59 Å². The normalized spacial score (nSPS) is 28.7. The molecule has 0 aromatic carbocycles. The number of hydrogen-bond donors (Lipinski definition) is 2. The Labute approximate surface area is 157 Å². The molecule has 2 heterocycles. The Hall–Kier alpha value is -1.14. The van der Waals surface area contributed by atoms with Gasteiger partial charge < -0.3 is 15.3 Å². The topological polar surface area (TPSA) is 72.9 Å². The molecule has 1 aliphatic carbocycles. The van der Waals surface area contributed by atoms with Crippen LogP contribution in [0.3, 0.4) is 0 Å². The van der Waals surface area contributed by atoms with Crippen molar-refractivity contribution in [3.05, 3.63) is 0 Å². The van der Waals surface area contributed by atoms with E-state index in [1.807, 2.05) is 0 Å². The number of nitrogens with zero attached hydrogens (tertiary/aromatic N) is 2. The van der Waals surface area contributed by atoms with Crippen LogP contribution in [0, 0.1) is 0 Å². The van der Waals surface area contributed by atoms with E-state index in [0.717, 1.165) is 25.9 Å². The molecule has 0 aromatic heterocycles. The van der Waals surface area contributed by atoms with Gasteiger partial charge in [-0.15, -0.1) is 0 Å². The summed E-state index contributed by atoms with van der Waals surface area (Å²) >= 11 is 0. The maximum atomic E-state index is 12.5. The summed E-state index contributed by atoms with van der Waals surface area (Å²) in [5, 5.41) is 13.4. The Kier molecular flexibility index (Phi) is 7.32. The van der Waals surface area contributed by atoms with Crippen molar-refractivity contribution in [2.24, 2.45) is 0 Å². The Morgan fingerprint density at radius 1 is 0.885 bits per heavy atom. The largest absolute Gasteiger partial charge is 0.390 e. The molecule has 148 valence electrons. The van der Waals surface area contributed by atoms with Gasteiger partial charge in [-0.25, -0.2) is 0 Å². The van der Waals surface area contributed by atoms with Crippen LogP contribution in [0.5, 0.6) is 0 Å². The standard InChI is InChI=1S/C20H35N3O3/c24-18-15-23(14-17(18)22-12-6-7-13-22)20(26)11-10-19(25)21-16-8-4-2-1-3-5-9-16/h16-18,24H,1-15H2,(H,21,25)/t17-,18-/m0/s1. The number of aliphatic hydroxyl groups is 1. The van der Waals surface area contributed by atoms with Crippen molar-refractivity contribution in [2.45, 2.75) is 88.8 Å². The molecule has 2 saturated heterocycles. The van der Waals surface area contributed by atoms with Crippen LogP contribution in [0.15, 0.2) is 0 Å². The fourth-order valence-corrected chi connectivity index (χ4v) is 4.68. The van der Waals surface area contributed by atoms with Crippen LogP contribution in [-0.4, -0.2) is 71.1 Å². The van der Waals surface area contributed by atoms with Crippen LogP contribution in [0.2, 0.25) is 0 Å². The van der Waals surface area contributed by atoms with Crippen LogP contribution in [0.4, 0.5) is 0 Å². The molecule has 0 aromatic rings. The maximum Gasteiger partial charge on any atom is 0.223 e. The molecule has 6 heteroatoms. The highest BCUT2D eigenvalue weighted by atomic mass is 16.3. The van der Waals surface area contributed by atoms with Crippen LogP contribution in [0.1, 0.15) is 70.6 Å². The summed E-state index contributed by atoms with van der Waals surface area (Å²) in [5.41, 5.74) is 0. The number of β-amino-alcohol motifs (C(OH)–C–C–N with tert-alkyl or cyclic N) is 1. The summed E-state index contributed by atoms with van der Waals surface area (Å²) in [4.78, 5) is 28.7. The molecule has 3 fully saturated rings. The SMILES string of the molecule is O=C(CCC(=O)N1C[C@H](O)[C@@H](N2CCCC2)C1)NC1CCCCCCC1. The fraction of sp³-hybridized carbons (Fsp3) is 0.900. The van der Waals surface area contributed by atoms with Gasteiger partial charge in [0.2, 0.25) is 11.8 Å². The predicted molar refractivity (Wildman–Crippen MR) is 101 cm³/mol. The zero-order valence-electron chi connectivity index (χ0n) is 16.0. The van der Waals surface area contributed by atoms with Gasteiger partial charge in [0.1, 0.15) is 0 Å². The minimum Gasteiger partial charge on any atom is -0.390 e. The number of hydrogen-bond acceptors (Lipinski definition) is 4. The van der Waals surface area contributed by atoms with Crippen LogP contribution in [0.25, 0.3) is 0 Å². The molecule has 1 saturated carbocycles. The minimum atomic E-state index is -0.458.